The van der Waals surface area contributed by atoms with Gasteiger partial charge in [0.2, 0.25) is 5.91 Å². The van der Waals surface area contributed by atoms with Crippen molar-refractivity contribution in [2.24, 2.45) is 11.7 Å². The third-order valence-electron chi connectivity index (χ3n) is 6.05. The van der Waals surface area contributed by atoms with Crippen LogP contribution >= 0.6 is 0 Å². The summed E-state index contributed by atoms with van der Waals surface area (Å²) in [6.07, 6.45) is 1.74. The lowest BCUT2D eigenvalue weighted by molar-refractivity contribution is 0.0523. The predicted molar refractivity (Wildman–Crippen MR) is 152 cm³/mol. The van der Waals surface area contributed by atoms with Gasteiger partial charge < -0.3 is 20.5 Å². The Hall–Kier alpha value is -3.78. The van der Waals surface area contributed by atoms with Gasteiger partial charge in [-0.05, 0) is 70.2 Å². The monoisotopic (exact) mass is 532 g/mol. The third-order valence-corrected chi connectivity index (χ3v) is 6.05. The summed E-state index contributed by atoms with van der Waals surface area (Å²) in [5.74, 6) is -0.145. The summed E-state index contributed by atoms with van der Waals surface area (Å²) < 4.78 is 11.6. The van der Waals surface area contributed by atoms with Gasteiger partial charge in [-0.2, -0.15) is 0 Å². The zero-order valence-corrected chi connectivity index (χ0v) is 24.1. The van der Waals surface area contributed by atoms with Gasteiger partial charge in [0, 0.05) is 35.3 Å². The Morgan fingerprint density at radius 3 is 2.26 bits per heavy atom. The molecule has 8 heteroatoms. The van der Waals surface area contributed by atoms with Crippen LogP contribution in [0.25, 0.3) is 11.1 Å². The lowest BCUT2D eigenvalue weighted by Crippen LogP contribution is -2.32. The van der Waals surface area contributed by atoms with Crippen LogP contribution in [0.2, 0.25) is 0 Å². The SMILES string of the molecule is Cc1ccc(-c2c(COCc3ccc(C(N)=O)cn3)c(C)nc(CC(C)C)c2CNC(=O)OC(C)(C)C)cc1. The zero-order valence-electron chi connectivity index (χ0n) is 24.1. The molecule has 3 N–H and O–H groups in total. The van der Waals surface area contributed by atoms with E-state index < -0.39 is 17.6 Å². The van der Waals surface area contributed by atoms with E-state index in [1.807, 2.05) is 27.7 Å². The Labute approximate surface area is 231 Å². The molecule has 0 spiro atoms. The molecule has 0 bridgehead atoms. The summed E-state index contributed by atoms with van der Waals surface area (Å²) in [5, 5.41) is 2.94. The minimum absolute atomic E-state index is 0.255. The Bertz CT molecular complexity index is 1290. The standard InChI is InChI=1S/C31H40N4O4/c1-19(2)14-27-25(16-34-30(37)39-31(5,6)7)28(22-10-8-20(3)9-11-22)26(21(4)35-27)18-38-17-24-13-12-23(15-33-24)29(32)36/h8-13,15,19H,14,16-18H2,1-7H3,(H2,32,36)(H,34,37). The van der Waals surface area contributed by atoms with Crippen LogP contribution < -0.4 is 11.1 Å². The Balaban J connectivity index is 2.00. The van der Waals surface area contributed by atoms with Gasteiger partial charge >= 0.3 is 6.09 Å². The third kappa shape index (κ3) is 8.61. The molecule has 0 fully saturated rings. The quantitative estimate of drug-likeness (QED) is 0.341. The molecule has 3 rings (SSSR count). The molecule has 0 unspecified atom stereocenters. The average Bonchev–Trinajstić information content (AvgIpc) is 2.84. The largest absolute Gasteiger partial charge is 0.444 e. The number of nitrogens with zero attached hydrogens (tertiary/aromatic N) is 2. The molecular formula is C31H40N4O4. The summed E-state index contributed by atoms with van der Waals surface area (Å²) in [5.41, 5.74) is 12.7. The van der Waals surface area contributed by atoms with Crippen molar-refractivity contribution in [3.8, 4) is 11.1 Å². The molecule has 2 heterocycles. The van der Waals surface area contributed by atoms with Gasteiger partial charge in [-0.3, -0.25) is 14.8 Å². The van der Waals surface area contributed by atoms with Gasteiger partial charge in [-0.25, -0.2) is 4.79 Å². The lowest BCUT2D eigenvalue weighted by atomic mass is 9.90. The molecule has 3 aromatic rings. The number of hydrogen-bond acceptors (Lipinski definition) is 6. The number of alkyl carbamates (subject to hydrolysis) is 1. The van der Waals surface area contributed by atoms with Gasteiger partial charge in [0.15, 0.2) is 0 Å². The first kappa shape index (κ1) is 29.8. The summed E-state index contributed by atoms with van der Waals surface area (Å²) in [4.78, 5) is 33.2. The van der Waals surface area contributed by atoms with Gasteiger partial charge in [-0.15, -0.1) is 0 Å². The van der Waals surface area contributed by atoms with Crippen molar-refractivity contribution in [1.29, 1.82) is 0 Å². The molecule has 0 saturated heterocycles. The topological polar surface area (TPSA) is 116 Å². The fraction of sp³-hybridized carbons (Fsp3) is 0.419. The highest BCUT2D eigenvalue weighted by Crippen LogP contribution is 2.33. The van der Waals surface area contributed by atoms with Crippen LogP contribution in [-0.4, -0.2) is 27.6 Å². The maximum Gasteiger partial charge on any atom is 0.407 e. The summed E-state index contributed by atoms with van der Waals surface area (Å²) in [6, 6.07) is 11.7. The number of hydrogen-bond donors (Lipinski definition) is 2. The normalized spacial score (nSPS) is 11.5. The van der Waals surface area contributed by atoms with Gasteiger partial charge in [0.05, 0.1) is 24.5 Å². The van der Waals surface area contributed by atoms with Crippen molar-refractivity contribution < 1.29 is 19.1 Å². The second-order valence-electron chi connectivity index (χ2n) is 11.2. The van der Waals surface area contributed by atoms with Crippen LogP contribution in [0.15, 0.2) is 42.6 Å². The molecule has 0 aliphatic heterocycles. The molecule has 0 atom stereocenters. The van der Waals surface area contributed by atoms with Gasteiger partial charge in [0.25, 0.3) is 0 Å². The molecule has 1 aromatic carbocycles. The summed E-state index contributed by atoms with van der Waals surface area (Å²) in [6.45, 7) is 14.7. The highest BCUT2D eigenvalue weighted by atomic mass is 16.6. The van der Waals surface area contributed by atoms with Crippen LogP contribution in [0, 0.1) is 19.8 Å². The second-order valence-corrected chi connectivity index (χ2v) is 11.2. The number of carbonyl (C=O) groups is 2. The molecule has 2 amide bonds. The number of nitrogens with two attached hydrogens (primary N) is 1. The fourth-order valence-electron chi connectivity index (χ4n) is 4.22. The number of ether oxygens (including phenoxy) is 2. The van der Waals surface area contributed by atoms with E-state index in [9.17, 15) is 9.59 Å². The number of carbonyl (C=O) groups excluding carboxylic acids is 2. The number of primary amides is 1. The maximum atomic E-state index is 12.6. The number of aromatic nitrogens is 2. The molecule has 39 heavy (non-hydrogen) atoms. The number of pyridine rings is 2. The van der Waals surface area contributed by atoms with Crippen molar-refractivity contribution in [3.63, 3.8) is 0 Å². The van der Waals surface area contributed by atoms with E-state index in [-0.39, 0.29) is 13.2 Å². The van der Waals surface area contributed by atoms with Crippen molar-refractivity contribution >= 4 is 12.0 Å². The smallest absolute Gasteiger partial charge is 0.407 e. The minimum atomic E-state index is -0.598. The molecular weight excluding hydrogens is 492 g/mol. The molecule has 8 nitrogen and oxygen atoms in total. The first-order valence-corrected chi connectivity index (χ1v) is 13.2. The average molecular weight is 533 g/mol. The van der Waals surface area contributed by atoms with E-state index in [1.165, 1.54) is 6.20 Å². The Morgan fingerprint density at radius 2 is 1.69 bits per heavy atom. The van der Waals surface area contributed by atoms with Crippen molar-refractivity contribution in [2.75, 3.05) is 0 Å². The van der Waals surface area contributed by atoms with Crippen LogP contribution in [0.5, 0.6) is 0 Å². The maximum absolute atomic E-state index is 12.6. The molecule has 0 radical (unpaired) electrons. The lowest BCUT2D eigenvalue weighted by Gasteiger charge is -2.23. The summed E-state index contributed by atoms with van der Waals surface area (Å²) in [7, 11) is 0. The van der Waals surface area contributed by atoms with E-state index in [1.54, 1.807) is 12.1 Å². The van der Waals surface area contributed by atoms with Gasteiger partial charge in [0.1, 0.15) is 5.60 Å². The molecule has 0 aliphatic carbocycles. The number of amides is 2. The Morgan fingerprint density at radius 1 is 1.00 bits per heavy atom. The minimum Gasteiger partial charge on any atom is -0.444 e. The van der Waals surface area contributed by atoms with E-state index in [0.29, 0.717) is 23.8 Å². The number of nitrogens with one attached hydrogen (secondary N) is 1. The Kier molecular flexibility index (Phi) is 9.81. The molecule has 0 saturated carbocycles. The van der Waals surface area contributed by atoms with E-state index in [0.717, 1.165) is 45.6 Å². The number of rotatable bonds is 10. The summed E-state index contributed by atoms with van der Waals surface area (Å²) >= 11 is 0. The predicted octanol–water partition coefficient (Wildman–Crippen LogP) is 5.80. The van der Waals surface area contributed by atoms with E-state index in [2.05, 4.69) is 55.3 Å². The van der Waals surface area contributed by atoms with E-state index >= 15 is 0 Å². The van der Waals surface area contributed by atoms with Crippen molar-refractivity contribution in [1.82, 2.24) is 15.3 Å². The van der Waals surface area contributed by atoms with Gasteiger partial charge in [-0.1, -0.05) is 43.7 Å². The first-order valence-electron chi connectivity index (χ1n) is 13.2. The molecule has 208 valence electrons. The zero-order chi connectivity index (χ0) is 28.7. The van der Waals surface area contributed by atoms with Crippen LogP contribution in [0.4, 0.5) is 4.79 Å². The van der Waals surface area contributed by atoms with Crippen LogP contribution in [0.3, 0.4) is 0 Å². The molecule has 0 aliphatic rings. The van der Waals surface area contributed by atoms with E-state index in [4.69, 9.17) is 20.2 Å². The highest BCUT2D eigenvalue weighted by Gasteiger charge is 2.22. The number of benzene rings is 1. The van der Waals surface area contributed by atoms with Crippen LogP contribution in [0.1, 0.15) is 78.7 Å². The second kappa shape index (κ2) is 12.8. The fourth-order valence-corrected chi connectivity index (χ4v) is 4.22. The first-order chi connectivity index (χ1) is 18.3. The number of aryl methyl sites for hydroxylation is 2. The van der Waals surface area contributed by atoms with Crippen molar-refractivity contribution in [2.45, 2.75) is 80.2 Å². The molecule has 2 aromatic heterocycles. The van der Waals surface area contributed by atoms with Crippen LogP contribution in [-0.2, 0) is 35.7 Å². The van der Waals surface area contributed by atoms with Crippen molar-refractivity contribution in [3.05, 3.63) is 81.9 Å². The highest BCUT2D eigenvalue weighted by molar-refractivity contribution is 5.92.